The van der Waals surface area contributed by atoms with Gasteiger partial charge in [-0.05, 0) is 30.7 Å². The Bertz CT molecular complexity index is 621. The minimum absolute atomic E-state index is 0.359. The van der Waals surface area contributed by atoms with E-state index in [4.69, 9.17) is 5.73 Å². The molecule has 0 fully saturated rings. The first-order chi connectivity index (χ1) is 9.00. The number of carbonyl (C=O) groups excluding carboxylic acids is 1. The number of hydrogen-bond donors (Lipinski definition) is 2. The molecule has 0 aliphatic rings. The van der Waals surface area contributed by atoms with Crippen LogP contribution in [0.2, 0.25) is 0 Å². The number of nitrogens with one attached hydrogen (secondary N) is 1. The van der Waals surface area contributed by atoms with Crippen LogP contribution in [0.1, 0.15) is 15.9 Å². The molecule has 0 radical (unpaired) electrons. The van der Waals surface area contributed by atoms with Gasteiger partial charge in [-0.1, -0.05) is 18.2 Å². The number of amides is 1. The van der Waals surface area contributed by atoms with Crippen molar-refractivity contribution in [2.24, 2.45) is 0 Å². The van der Waals surface area contributed by atoms with E-state index in [2.05, 4.69) is 5.32 Å². The van der Waals surface area contributed by atoms with Crippen LogP contribution in [0.4, 0.5) is 20.2 Å². The third kappa shape index (κ3) is 2.54. The van der Waals surface area contributed by atoms with Gasteiger partial charge in [0.2, 0.25) is 0 Å². The first-order valence-electron chi connectivity index (χ1n) is 5.61. The van der Waals surface area contributed by atoms with Crippen molar-refractivity contribution in [3.63, 3.8) is 0 Å². The largest absolute Gasteiger partial charge is 0.397 e. The van der Waals surface area contributed by atoms with Gasteiger partial charge >= 0.3 is 0 Å². The molecule has 0 spiro atoms. The summed E-state index contributed by atoms with van der Waals surface area (Å²) in [7, 11) is 0. The molecule has 0 aliphatic carbocycles. The highest BCUT2D eigenvalue weighted by atomic mass is 19.2. The van der Waals surface area contributed by atoms with Gasteiger partial charge in [-0.15, -0.1) is 0 Å². The van der Waals surface area contributed by atoms with Crippen molar-refractivity contribution in [2.75, 3.05) is 11.1 Å². The van der Waals surface area contributed by atoms with E-state index in [1.165, 1.54) is 12.1 Å². The van der Waals surface area contributed by atoms with Gasteiger partial charge in [0, 0.05) is 0 Å². The molecule has 0 bridgehead atoms. The number of hydrogen-bond acceptors (Lipinski definition) is 2. The Labute approximate surface area is 109 Å². The monoisotopic (exact) mass is 262 g/mol. The predicted molar refractivity (Wildman–Crippen MR) is 69.9 cm³/mol. The van der Waals surface area contributed by atoms with Gasteiger partial charge in [0.15, 0.2) is 11.6 Å². The smallest absolute Gasteiger partial charge is 0.258 e. The van der Waals surface area contributed by atoms with E-state index in [0.29, 0.717) is 11.4 Å². The zero-order valence-corrected chi connectivity index (χ0v) is 10.2. The van der Waals surface area contributed by atoms with E-state index in [-0.39, 0.29) is 5.56 Å². The molecule has 0 heterocycles. The average Bonchev–Trinajstić information content (AvgIpc) is 2.37. The van der Waals surface area contributed by atoms with Crippen molar-refractivity contribution in [1.29, 1.82) is 0 Å². The lowest BCUT2D eigenvalue weighted by Crippen LogP contribution is -2.16. The number of anilines is 2. The number of para-hydroxylation sites is 1. The Hall–Kier alpha value is -2.43. The lowest BCUT2D eigenvalue weighted by molar-refractivity contribution is 0.102. The van der Waals surface area contributed by atoms with Gasteiger partial charge in [0.05, 0.1) is 16.9 Å². The lowest BCUT2D eigenvalue weighted by atomic mass is 10.1. The third-order valence-electron chi connectivity index (χ3n) is 2.74. The van der Waals surface area contributed by atoms with Crippen molar-refractivity contribution >= 4 is 17.3 Å². The molecule has 2 aromatic carbocycles. The maximum atomic E-state index is 13.5. The Kier molecular flexibility index (Phi) is 3.46. The predicted octanol–water partition coefficient (Wildman–Crippen LogP) is 3.11. The summed E-state index contributed by atoms with van der Waals surface area (Å²) in [6.07, 6.45) is 0. The highest BCUT2D eigenvalue weighted by Crippen LogP contribution is 2.23. The van der Waals surface area contributed by atoms with Crippen LogP contribution in [0.15, 0.2) is 36.4 Å². The Balaban J connectivity index is 2.34. The van der Waals surface area contributed by atoms with Crippen LogP contribution in [0.3, 0.4) is 0 Å². The number of nitrogens with two attached hydrogens (primary N) is 1. The molecule has 0 aromatic heterocycles. The first kappa shape index (κ1) is 13.0. The van der Waals surface area contributed by atoms with E-state index in [9.17, 15) is 13.6 Å². The summed E-state index contributed by atoms with van der Waals surface area (Å²) in [5.41, 5.74) is 6.88. The highest BCUT2D eigenvalue weighted by Gasteiger charge is 2.16. The highest BCUT2D eigenvalue weighted by molar-refractivity contribution is 6.06. The van der Waals surface area contributed by atoms with Crippen LogP contribution in [0, 0.1) is 18.6 Å². The molecule has 0 saturated carbocycles. The molecule has 0 saturated heterocycles. The summed E-state index contributed by atoms with van der Waals surface area (Å²) in [5.74, 6) is -2.98. The molecular weight excluding hydrogens is 250 g/mol. The average molecular weight is 262 g/mol. The lowest BCUT2D eigenvalue weighted by Gasteiger charge is -2.11. The fourth-order valence-electron chi connectivity index (χ4n) is 1.72. The summed E-state index contributed by atoms with van der Waals surface area (Å²) in [6.45, 7) is 1.76. The summed E-state index contributed by atoms with van der Waals surface area (Å²) in [5, 5.41) is 2.49. The van der Waals surface area contributed by atoms with Crippen LogP contribution in [0.25, 0.3) is 0 Å². The molecule has 2 aromatic rings. The quantitative estimate of drug-likeness (QED) is 0.817. The minimum atomic E-state index is -1.17. The number of halogens is 2. The number of aryl methyl sites for hydroxylation is 1. The SMILES string of the molecule is Cc1cccc(N)c1NC(=O)c1cccc(F)c1F. The topological polar surface area (TPSA) is 55.1 Å². The number of rotatable bonds is 2. The normalized spacial score (nSPS) is 10.3. The second kappa shape index (κ2) is 5.06. The van der Waals surface area contributed by atoms with Gasteiger partial charge in [-0.25, -0.2) is 8.78 Å². The van der Waals surface area contributed by atoms with Crippen LogP contribution in [0.5, 0.6) is 0 Å². The summed E-state index contributed by atoms with van der Waals surface area (Å²) >= 11 is 0. The molecule has 2 rings (SSSR count). The van der Waals surface area contributed by atoms with Gasteiger partial charge in [0.25, 0.3) is 5.91 Å². The molecule has 19 heavy (non-hydrogen) atoms. The zero-order valence-electron chi connectivity index (χ0n) is 10.2. The summed E-state index contributed by atoms with van der Waals surface area (Å²) < 4.78 is 26.5. The maximum absolute atomic E-state index is 13.5. The first-order valence-corrected chi connectivity index (χ1v) is 5.61. The van der Waals surface area contributed by atoms with Gasteiger partial charge in [0.1, 0.15) is 0 Å². The summed E-state index contributed by atoms with van der Waals surface area (Å²) in [6, 6.07) is 8.55. The van der Waals surface area contributed by atoms with Crippen LogP contribution < -0.4 is 11.1 Å². The second-order valence-electron chi connectivity index (χ2n) is 4.09. The van der Waals surface area contributed by atoms with Crippen LogP contribution in [-0.2, 0) is 0 Å². The molecule has 0 atom stereocenters. The molecule has 98 valence electrons. The molecule has 0 unspecified atom stereocenters. The van der Waals surface area contributed by atoms with Crippen LogP contribution >= 0.6 is 0 Å². The van der Waals surface area contributed by atoms with E-state index < -0.39 is 17.5 Å². The Morgan fingerprint density at radius 1 is 1.16 bits per heavy atom. The van der Waals surface area contributed by atoms with Crippen molar-refractivity contribution in [3.8, 4) is 0 Å². The molecule has 1 amide bonds. The Morgan fingerprint density at radius 2 is 1.84 bits per heavy atom. The van der Waals surface area contributed by atoms with Crippen molar-refractivity contribution in [3.05, 3.63) is 59.2 Å². The summed E-state index contributed by atoms with van der Waals surface area (Å²) in [4.78, 5) is 11.9. The van der Waals surface area contributed by atoms with E-state index in [1.807, 2.05) is 0 Å². The molecule has 0 aliphatic heterocycles. The molecular formula is C14H12F2N2O. The molecule has 3 N–H and O–H groups in total. The maximum Gasteiger partial charge on any atom is 0.258 e. The van der Waals surface area contributed by atoms with E-state index in [1.54, 1.807) is 25.1 Å². The van der Waals surface area contributed by atoms with Gasteiger partial charge in [-0.3, -0.25) is 4.79 Å². The fraction of sp³-hybridized carbons (Fsp3) is 0.0714. The second-order valence-corrected chi connectivity index (χ2v) is 4.09. The van der Waals surface area contributed by atoms with Gasteiger partial charge in [-0.2, -0.15) is 0 Å². The Morgan fingerprint density at radius 3 is 2.53 bits per heavy atom. The minimum Gasteiger partial charge on any atom is -0.397 e. The van der Waals surface area contributed by atoms with Crippen molar-refractivity contribution in [2.45, 2.75) is 6.92 Å². The standard InChI is InChI=1S/C14H12F2N2O/c1-8-4-2-7-11(17)13(8)18-14(19)9-5-3-6-10(15)12(9)16/h2-7H,17H2,1H3,(H,18,19). The molecule has 3 nitrogen and oxygen atoms in total. The zero-order chi connectivity index (χ0) is 14.0. The van der Waals surface area contributed by atoms with Crippen molar-refractivity contribution in [1.82, 2.24) is 0 Å². The number of carbonyl (C=O) groups is 1. The van der Waals surface area contributed by atoms with E-state index in [0.717, 1.165) is 11.6 Å². The number of benzene rings is 2. The molecule has 5 heteroatoms. The number of nitrogen functional groups attached to an aromatic ring is 1. The van der Waals surface area contributed by atoms with Gasteiger partial charge < -0.3 is 11.1 Å². The fourth-order valence-corrected chi connectivity index (χ4v) is 1.72. The van der Waals surface area contributed by atoms with E-state index >= 15 is 0 Å². The third-order valence-corrected chi connectivity index (χ3v) is 2.74. The van der Waals surface area contributed by atoms with Crippen molar-refractivity contribution < 1.29 is 13.6 Å². The van der Waals surface area contributed by atoms with Crippen LogP contribution in [-0.4, -0.2) is 5.91 Å².